The van der Waals surface area contributed by atoms with Crippen molar-refractivity contribution >= 4 is 0 Å². The fraction of sp³-hybridized carbons (Fsp3) is 0.647. The van der Waals surface area contributed by atoms with Crippen LogP contribution in [-0.2, 0) is 12.6 Å². The summed E-state index contributed by atoms with van der Waals surface area (Å²) in [5, 5.41) is 0. The molecule has 1 aliphatic carbocycles. The van der Waals surface area contributed by atoms with Gasteiger partial charge in [-0.1, -0.05) is 26.0 Å². The van der Waals surface area contributed by atoms with E-state index in [1.807, 2.05) is 0 Å². The van der Waals surface area contributed by atoms with Gasteiger partial charge in [0.1, 0.15) is 0 Å². The van der Waals surface area contributed by atoms with E-state index in [1.54, 1.807) is 12.1 Å². The largest absolute Gasteiger partial charge is 0.416 e. The van der Waals surface area contributed by atoms with Crippen LogP contribution >= 0.6 is 0 Å². The van der Waals surface area contributed by atoms with Crippen molar-refractivity contribution in [2.24, 2.45) is 16.6 Å². The maximum Gasteiger partial charge on any atom is 0.416 e. The van der Waals surface area contributed by atoms with Gasteiger partial charge in [0, 0.05) is 0 Å². The molecule has 0 atom stereocenters. The molecule has 1 aromatic rings. The van der Waals surface area contributed by atoms with Crippen LogP contribution in [0.2, 0.25) is 0 Å². The second-order valence-corrected chi connectivity index (χ2v) is 7.24. The lowest BCUT2D eigenvalue weighted by atomic mass is 9.63. The molecule has 1 saturated carbocycles. The summed E-state index contributed by atoms with van der Waals surface area (Å²) in [5.74, 6) is 0. The molecule has 0 aromatic heterocycles. The Morgan fingerprint density at radius 1 is 1.00 bits per heavy atom. The van der Waals surface area contributed by atoms with Gasteiger partial charge in [-0.3, -0.25) is 0 Å². The molecule has 0 saturated heterocycles. The van der Waals surface area contributed by atoms with E-state index in [0.717, 1.165) is 37.7 Å². The molecule has 0 spiro atoms. The average molecular weight is 299 g/mol. The first-order chi connectivity index (χ1) is 9.66. The molecule has 0 radical (unpaired) electrons. The van der Waals surface area contributed by atoms with Gasteiger partial charge in [-0.05, 0) is 67.2 Å². The third-order valence-electron chi connectivity index (χ3n) is 4.96. The summed E-state index contributed by atoms with van der Waals surface area (Å²) >= 11 is 0. The Labute approximate surface area is 124 Å². The van der Waals surface area contributed by atoms with Crippen LogP contribution in [0.5, 0.6) is 0 Å². The molecule has 0 bridgehead atoms. The molecule has 118 valence electrons. The highest BCUT2D eigenvalue weighted by Crippen LogP contribution is 2.46. The lowest BCUT2D eigenvalue weighted by Crippen LogP contribution is -2.38. The molecule has 2 rings (SSSR count). The Hall–Kier alpha value is -1.03. The molecule has 0 unspecified atom stereocenters. The molecule has 21 heavy (non-hydrogen) atoms. The van der Waals surface area contributed by atoms with Crippen molar-refractivity contribution in [3.05, 3.63) is 35.4 Å². The van der Waals surface area contributed by atoms with E-state index in [-0.39, 0.29) is 5.41 Å². The van der Waals surface area contributed by atoms with Gasteiger partial charge in [0.2, 0.25) is 0 Å². The van der Waals surface area contributed by atoms with Gasteiger partial charge in [0.05, 0.1) is 5.56 Å². The normalized spacial score (nSPS) is 21.2. The van der Waals surface area contributed by atoms with Crippen molar-refractivity contribution in [1.82, 2.24) is 0 Å². The van der Waals surface area contributed by atoms with Gasteiger partial charge in [0.25, 0.3) is 0 Å². The number of nitrogens with two attached hydrogens (primary N) is 1. The predicted octanol–water partition coefficient (Wildman–Crippen LogP) is 4.79. The van der Waals surface area contributed by atoms with E-state index in [0.29, 0.717) is 12.0 Å². The molecule has 1 aliphatic rings. The smallest absolute Gasteiger partial charge is 0.330 e. The van der Waals surface area contributed by atoms with E-state index in [2.05, 4.69) is 13.8 Å². The SMILES string of the molecule is CC1(C)CCC(CN)(Cc2ccc(C(F)(F)F)cc2)CC1. The highest BCUT2D eigenvalue weighted by Gasteiger charge is 2.37. The zero-order chi connectivity index (χ0) is 15.7. The maximum absolute atomic E-state index is 12.6. The third-order valence-corrected chi connectivity index (χ3v) is 4.96. The van der Waals surface area contributed by atoms with E-state index in [4.69, 9.17) is 5.73 Å². The van der Waals surface area contributed by atoms with Crippen molar-refractivity contribution < 1.29 is 13.2 Å². The number of alkyl halides is 3. The fourth-order valence-corrected chi connectivity index (χ4v) is 3.15. The van der Waals surface area contributed by atoms with Crippen molar-refractivity contribution in [2.45, 2.75) is 52.1 Å². The Morgan fingerprint density at radius 3 is 1.95 bits per heavy atom. The van der Waals surface area contributed by atoms with E-state index >= 15 is 0 Å². The lowest BCUT2D eigenvalue weighted by molar-refractivity contribution is -0.137. The van der Waals surface area contributed by atoms with Crippen molar-refractivity contribution in [2.75, 3.05) is 6.54 Å². The number of rotatable bonds is 3. The fourth-order valence-electron chi connectivity index (χ4n) is 3.15. The number of benzene rings is 1. The second kappa shape index (κ2) is 5.64. The molecular formula is C17H24F3N. The van der Waals surface area contributed by atoms with Crippen LogP contribution in [-0.4, -0.2) is 6.54 Å². The first-order valence-corrected chi connectivity index (χ1v) is 7.52. The van der Waals surface area contributed by atoms with Crippen LogP contribution in [0.15, 0.2) is 24.3 Å². The standard InChI is InChI=1S/C17H24F3N/c1-15(2)7-9-16(12-21,10-8-15)11-13-3-5-14(6-4-13)17(18,19)20/h3-6H,7-12,21H2,1-2H3. The van der Waals surface area contributed by atoms with Gasteiger partial charge in [0.15, 0.2) is 0 Å². The first kappa shape index (κ1) is 16.3. The van der Waals surface area contributed by atoms with Crippen molar-refractivity contribution in [3.8, 4) is 0 Å². The quantitative estimate of drug-likeness (QED) is 0.853. The number of hydrogen-bond donors (Lipinski definition) is 1. The van der Waals surface area contributed by atoms with Gasteiger partial charge in [-0.25, -0.2) is 0 Å². The topological polar surface area (TPSA) is 26.0 Å². The van der Waals surface area contributed by atoms with Crippen molar-refractivity contribution in [1.29, 1.82) is 0 Å². The third kappa shape index (κ3) is 4.00. The molecule has 2 N–H and O–H groups in total. The number of halogens is 3. The number of hydrogen-bond acceptors (Lipinski definition) is 1. The predicted molar refractivity (Wildman–Crippen MR) is 78.9 cm³/mol. The zero-order valence-electron chi connectivity index (χ0n) is 12.8. The Morgan fingerprint density at radius 2 is 1.52 bits per heavy atom. The molecule has 1 fully saturated rings. The van der Waals surface area contributed by atoms with E-state index < -0.39 is 11.7 Å². The lowest BCUT2D eigenvalue weighted by Gasteiger charge is -2.43. The molecule has 1 aromatic carbocycles. The summed E-state index contributed by atoms with van der Waals surface area (Å²) in [6.07, 6.45) is 0.876. The van der Waals surface area contributed by atoms with Gasteiger partial charge < -0.3 is 5.73 Å². The zero-order valence-corrected chi connectivity index (χ0v) is 12.8. The molecule has 4 heteroatoms. The van der Waals surface area contributed by atoms with Crippen molar-refractivity contribution in [3.63, 3.8) is 0 Å². The summed E-state index contributed by atoms with van der Waals surface area (Å²) in [7, 11) is 0. The molecular weight excluding hydrogens is 275 g/mol. The Bertz CT molecular complexity index is 464. The molecule has 0 heterocycles. The van der Waals surface area contributed by atoms with Crippen LogP contribution in [0.25, 0.3) is 0 Å². The van der Waals surface area contributed by atoms with Gasteiger partial charge in [-0.15, -0.1) is 0 Å². The van der Waals surface area contributed by atoms with Crippen LogP contribution < -0.4 is 5.73 Å². The van der Waals surface area contributed by atoms with Gasteiger partial charge >= 0.3 is 6.18 Å². The van der Waals surface area contributed by atoms with Crippen LogP contribution in [0.1, 0.15) is 50.7 Å². The van der Waals surface area contributed by atoms with Crippen LogP contribution in [0.3, 0.4) is 0 Å². The molecule has 1 nitrogen and oxygen atoms in total. The summed E-state index contributed by atoms with van der Waals surface area (Å²) in [5.41, 5.74) is 6.77. The monoisotopic (exact) mass is 299 g/mol. The summed E-state index contributed by atoms with van der Waals surface area (Å²) in [6.45, 7) is 5.14. The van der Waals surface area contributed by atoms with E-state index in [9.17, 15) is 13.2 Å². The highest BCUT2D eigenvalue weighted by atomic mass is 19.4. The minimum absolute atomic E-state index is 0.0509. The highest BCUT2D eigenvalue weighted by molar-refractivity contribution is 5.25. The Kier molecular flexibility index (Phi) is 4.39. The first-order valence-electron chi connectivity index (χ1n) is 7.52. The van der Waals surface area contributed by atoms with Crippen LogP contribution in [0.4, 0.5) is 13.2 Å². The van der Waals surface area contributed by atoms with Crippen LogP contribution in [0, 0.1) is 10.8 Å². The van der Waals surface area contributed by atoms with Gasteiger partial charge in [-0.2, -0.15) is 13.2 Å². The molecule has 0 amide bonds. The summed E-state index contributed by atoms with van der Waals surface area (Å²) in [6, 6.07) is 5.54. The maximum atomic E-state index is 12.6. The minimum atomic E-state index is -4.26. The molecule has 0 aliphatic heterocycles. The Balaban J connectivity index is 2.09. The summed E-state index contributed by atoms with van der Waals surface area (Å²) < 4.78 is 37.8. The second-order valence-electron chi connectivity index (χ2n) is 7.24. The minimum Gasteiger partial charge on any atom is -0.330 e. The van der Waals surface area contributed by atoms with E-state index in [1.165, 1.54) is 12.1 Å². The average Bonchev–Trinajstić information content (AvgIpc) is 2.41. The summed E-state index contributed by atoms with van der Waals surface area (Å²) in [4.78, 5) is 0.